The third-order valence-corrected chi connectivity index (χ3v) is 2.61. The molecule has 0 unspecified atom stereocenters. The number of nitrogens with two attached hydrogens (primary N) is 1. The smallest absolute Gasteiger partial charge is 0.127 e. The van der Waals surface area contributed by atoms with Crippen LogP contribution >= 0.6 is 11.6 Å². The van der Waals surface area contributed by atoms with Crippen LogP contribution in [0.1, 0.15) is 12.0 Å². The Balaban J connectivity index is 2.03. The Bertz CT molecular complexity index is 579. The van der Waals surface area contributed by atoms with Gasteiger partial charge in [-0.3, -0.25) is 0 Å². The zero-order valence-corrected chi connectivity index (χ0v) is 11.2. The van der Waals surface area contributed by atoms with Crippen molar-refractivity contribution in [1.29, 1.82) is 0 Å². The summed E-state index contributed by atoms with van der Waals surface area (Å²) in [6.45, 7) is 0. The van der Waals surface area contributed by atoms with Crippen molar-refractivity contribution < 1.29 is 4.74 Å². The molecule has 96 valence electrons. The van der Waals surface area contributed by atoms with Gasteiger partial charge in [-0.2, -0.15) is 0 Å². The van der Waals surface area contributed by atoms with Gasteiger partial charge in [0.05, 0.1) is 0 Å². The Morgan fingerprint density at radius 2 is 1.53 bits per heavy atom. The Kier molecular flexibility index (Phi) is 4.72. The highest BCUT2D eigenvalue weighted by Gasteiger charge is 1.96. The van der Waals surface area contributed by atoms with Crippen molar-refractivity contribution in [2.75, 3.05) is 11.6 Å². The van der Waals surface area contributed by atoms with Crippen molar-refractivity contribution in [3.8, 4) is 23.3 Å². The fourth-order valence-electron chi connectivity index (χ4n) is 1.49. The van der Waals surface area contributed by atoms with Crippen molar-refractivity contribution >= 4 is 17.3 Å². The molecule has 0 radical (unpaired) electrons. The Labute approximate surface area is 118 Å². The van der Waals surface area contributed by atoms with Gasteiger partial charge in [0.2, 0.25) is 0 Å². The summed E-state index contributed by atoms with van der Waals surface area (Å²) in [5.74, 6) is 8.12. The van der Waals surface area contributed by atoms with E-state index in [1.54, 1.807) is 12.1 Å². The van der Waals surface area contributed by atoms with E-state index in [1.165, 1.54) is 0 Å². The van der Waals surface area contributed by atoms with E-state index in [0.29, 0.717) is 12.3 Å². The molecule has 0 saturated heterocycles. The van der Waals surface area contributed by atoms with Crippen LogP contribution in [0.2, 0.25) is 0 Å². The first-order valence-corrected chi connectivity index (χ1v) is 6.49. The van der Waals surface area contributed by atoms with Gasteiger partial charge in [-0.25, -0.2) is 0 Å². The molecule has 2 N–H and O–H groups in total. The number of anilines is 1. The zero-order chi connectivity index (χ0) is 13.5. The third kappa shape index (κ3) is 4.24. The molecule has 2 aromatic rings. The van der Waals surface area contributed by atoms with Gasteiger partial charge in [0.1, 0.15) is 11.5 Å². The van der Waals surface area contributed by atoms with E-state index in [-0.39, 0.29) is 0 Å². The number of hydrogen-bond acceptors (Lipinski definition) is 2. The topological polar surface area (TPSA) is 35.2 Å². The van der Waals surface area contributed by atoms with Crippen LogP contribution in [0.5, 0.6) is 11.5 Å². The van der Waals surface area contributed by atoms with Crippen LogP contribution in [-0.2, 0) is 0 Å². The fraction of sp³-hybridized carbons (Fsp3) is 0.125. The second-order valence-electron chi connectivity index (χ2n) is 3.94. The molecular weight excluding hydrogens is 258 g/mol. The van der Waals surface area contributed by atoms with Gasteiger partial charge in [-0.15, -0.1) is 11.6 Å². The summed E-state index contributed by atoms with van der Waals surface area (Å²) in [6.07, 6.45) is 0.700. The molecule has 0 aliphatic heterocycles. The maximum atomic E-state index is 5.69. The predicted molar refractivity (Wildman–Crippen MR) is 79.6 cm³/mol. The van der Waals surface area contributed by atoms with Crippen molar-refractivity contribution in [3.05, 3.63) is 54.1 Å². The van der Waals surface area contributed by atoms with Gasteiger partial charge in [-0.05, 0) is 48.5 Å². The lowest BCUT2D eigenvalue weighted by atomic mass is 10.2. The summed E-state index contributed by atoms with van der Waals surface area (Å²) < 4.78 is 5.69. The minimum atomic E-state index is 0.561. The number of benzene rings is 2. The summed E-state index contributed by atoms with van der Waals surface area (Å²) in [6, 6.07) is 14.9. The molecule has 0 saturated carbocycles. The summed E-state index contributed by atoms with van der Waals surface area (Å²) in [4.78, 5) is 0. The largest absolute Gasteiger partial charge is 0.457 e. The SMILES string of the molecule is Nc1ccc(Oc2ccc(C#CCCCl)cc2)cc1. The lowest BCUT2D eigenvalue weighted by Crippen LogP contribution is -1.86. The maximum Gasteiger partial charge on any atom is 0.127 e. The second-order valence-corrected chi connectivity index (χ2v) is 4.31. The van der Waals surface area contributed by atoms with Crippen LogP contribution < -0.4 is 10.5 Å². The van der Waals surface area contributed by atoms with Crippen molar-refractivity contribution in [1.82, 2.24) is 0 Å². The number of rotatable bonds is 3. The minimum absolute atomic E-state index is 0.561. The molecule has 2 rings (SSSR count). The highest BCUT2D eigenvalue weighted by molar-refractivity contribution is 6.18. The van der Waals surface area contributed by atoms with Gasteiger partial charge >= 0.3 is 0 Å². The molecule has 0 aliphatic carbocycles. The van der Waals surface area contributed by atoms with Crippen LogP contribution in [0.3, 0.4) is 0 Å². The minimum Gasteiger partial charge on any atom is -0.457 e. The summed E-state index contributed by atoms with van der Waals surface area (Å²) >= 11 is 5.56. The van der Waals surface area contributed by atoms with Crippen molar-refractivity contribution in [3.63, 3.8) is 0 Å². The first-order chi connectivity index (χ1) is 9.28. The molecule has 19 heavy (non-hydrogen) atoms. The van der Waals surface area contributed by atoms with E-state index in [1.807, 2.05) is 36.4 Å². The molecule has 2 nitrogen and oxygen atoms in total. The molecule has 2 aromatic carbocycles. The molecule has 0 spiro atoms. The molecule has 0 aliphatic rings. The van der Waals surface area contributed by atoms with E-state index >= 15 is 0 Å². The number of halogens is 1. The van der Waals surface area contributed by atoms with E-state index in [4.69, 9.17) is 22.1 Å². The highest BCUT2D eigenvalue weighted by Crippen LogP contribution is 2.22. The maximum absolute atomic E-state index is 5.69. The Morgan fingerprint density at radius 3 is 2.11 bits per heavy atom. The van der Waals surface area contributed by atoms with Crippen molar-refractivity contribution in [2.24, 2.45) is 0 Å². The van der Waals surface area contributed by atoms with Crippen LogP contribution in [-0.4, -0.2) is 5.88 Å². The zero-order valence-electron chi connectivity index (χ0n) is 10.4. The molecular formula is C16H14ClNO. The monoisotopic (exact) mass is 271 g/mol. The van der Waals surface area contributed by atoms with Gasteiger partial charge in [0, 0.05) is 23.6 Å². The first kappa shape index (κ1) is 13.3. The average molecular weight is 272 g/mol. The average Bonchev–Trinajstić information content (AvgIpc) is 2.44. The molecule has 0 atom stereocenters. The first-order valence-electron chi connectivity index (χ1n) is 5.96. The van der Waals surface area contributed by atoms with Crippen LogP contribution in [0.25, 0.3) is 0 Å². The van der Waals surface area contributed by atoms with Crippen LogP contribution in [0.15, 0.2) is 48.5 Å². The number of ether oxygens (including phenoxy) is 1. The summed E-state index contributed by atoms with van der Waals surface area (Å²) in [5, 5.41) is 0. The lowest BCUT2D eigenvalue weighted by molar-refractivity contribution is 0.483. The molecule has 0 bridgehead atoms. The Hall–Kier alpha value is -2.11. The molecule has 3 heteroatoms. The van der Waals surface area contributed by atoms with Gasteiger partial charge < -0.3 is 10.5 Å². The number of nitrogen functional groups attached to an aromatic ring is 1. The number of alkyl halides is 1. The molecule has 0 fully saturated rings. The quantitative estimate of drug-likeness (QED) is 0.519. The van der Waals surface area contributed by atoms with Gasteiger partial charge in [0.25, 0.3) is 0 Å². The van der Waals surface area contributed by atoms with Gasteiger partial charge in [0.15, 0.2) is 0 Å². The Morgan fingerprint density at radius 1 is 0.947 bits per heavy atom. The fourth-order valence-corrected chi connectivity index (χ4v) is 1.58. The number of hydrogen-bond donors (Lipinski definition) is 1. The second kappa shape index (κ2) is 6.72. The van der Waals surface area contributed by atoms with Crippen molar-refractivity contribution in [2.45, 2.75) is 6.42 Å². The third-order valence-electron chi connectivity index (χ3n) is 2.42. The van der Waals surface area contributed by atoms with E-state index in [0.717, 1.165) is 22.7 Å². The highest BCUT2D eigenvalue weighted by atomic mass is 35.5. The predicted octanol–water partition coefficient (Wildman–Crippen LogP) is 4.04. The van der Waals surface area contributed by atoms with E-state index in [2.05, 4.69) is 11.8 Å². The van der Waals surface area contributed by atoms with Crippen LogP contribution in [0.4, 0.5) is 5.69 Å². The lowest BCUT2D eigenvalue weighted by Gasteiger charge is -2.05. The van der Waals surface area contributed by atoms with Gasteiger partial charge in [-0.1, -0.05) is 11.8 Å². The summed E-state index contributed by atoms with van der Waals surface area (Å²) in [7, 11) is 0. The standard InChI is InChI=1S/C16H14ClNO/c17-12-2-1-3-13-4-8-15(9-5-13)19-16-10-6-14(18)7-11-16/h4-11H,2,12,18H2. The summed E-state index contributed by atoms with van der Waals surface area (Å²) in [5.41, 5.74) is 7.29. The molecule has 0 heterocycles. The molecule has 0 aromatic heterocycles. The normalized spacial score (nSPS) is 9.53. The van der Waals surface area contributed by atoms with E-state index < -0.39 is 0 Å². The van der Waals surface area contributed by atoms with Crippen LogP contribution in [0, 0.1) is 11.8 Å². The van der Waals surface area contributed by atoms with E-state index in [9.17, 15) is 0 Å². The molecule has 0 amide bonds.